The van der Waals surface area contributed by atoms with E-state index in [1.165, 1.54) is 0 Å². The maximum atomic E-state index is 11.7. The monoisotopic (exact) mass is 255 g/mol. The lowest BCUT2D eigenvalue weighted by Gasteiger charge is -2.11. The van der Waals surface area contributed by atoms with Crippen molar-refractivity contribution in [3.8, 4) is 0 Å². The molecule has 1 atom stereocenters. The van der Waals surface area contributed by atoms with Crippen LogP contribution >= 0.6 is 0 Å². The number of aliphatic hydroxyl groups excluding tert-OH is 1. The zero-order valence-electron chi connectivity index (χ0n) is 9.67. The first kappa shape index (κ1) is 13.8. The standard InChI is InChI=1S/C10H13N3O5/c1-6(2-3-14)12-10(16)8-4-7(13(17)18)5-11-9(8)15/h4-6,14H,2-3H2,1H3,(H,11,15)(H,12,16). The first-order valence-corrected chi connectivity index (χ1v) is 5.24. The second-order valence-electron chi connectivity index (χ2n) is 3.74. The SMILES string of the molecule is CC(CCO)NC(=O)c1cc([N+](=O)[O-])c[nH]c1=O. The third kappa shape index (κ3) is 3.39. The number of carbonyl (C=O) groups is 1. The van der Waals surface area contributed by atoms with Crippen LogP contribution in [-0.2, 0) is 0 Å². The van der Waals surface area contributed by atoms with E-state index in [9.17, 15) is 19.7 Å². The van der Waals surface area contributed by atoms with Crippen molar-refractivity contribution in [3.63, 3.8) is 0 Å². The van der Waals surface area contributed by atoms with E-state index >= 15 is 0 Å². The van der Waals surface area contributed by atoms with Crippen LogP contribution in [0.1, 0.15) is 23.7 Å². The molecular weight excluding hydrogens is 242 g/mol. The van der Waals surface area contributed by atoms with Gasteiger partial charge >= 0.3 is 0 Å². The molecule has 0 saturated heterocycles. The number of amides is 1. The molecule has 1 heterocycles. The van der Waals surface area contributed by atoms with E-state index in [2.05, 4.69) is 10.3 Å². The Morgan fingerprint density at radius 2 is 2.33 bits per heavy atom. The summed E-state index contributed by atoms with van der Waals surface area (Å²) in [6.45, 7) is 1.55. The van der Waals surface area contributed by atoms with Crippen molar-refractivity contribution in [1.82, 2.24) is 10.3 Å². The summed E-state index contributed by atoms with van der Waals surface area (Å²) in [4.78, 5) is 35.0. The van der Waals surface area contributed by atoms with E-state index in [4.69, 9.17) is 5.11 Å². The van der Waals surface area contributed by atoms with E-state index in [-0.39, 0.29) is 23.9 Å². The molecule has 0 spiro atoms. The number of carbonyl (C=O) groups excluding carboxylic acids is 1. The smallest absolute Gasteiger partial charge is 0.286 e. The van der Waals surface area contributed by atoms with Crippen LogP contribution in [0.3, 0.4) is 0 Å². The zero-order valence-corrected chi connectivity index (χ0v) is 9.67. The van der Waals surface area contributed by atoms with Gasteiger partial charge in [0.1, 0.15) is 5.56 Å². The summed E-state index contributed by atoms with van der Waals surface area (Å²) in [5.41, 5.74) is -1.39. The van der Waals surface area contributed by atoms with Crippen LogP contribution in [0, 0.1) is 10.1 Å². The number of aromatic amines is 1. The molecule has 0 saturated carbocycles. The van der Waals surface area contributed by atoms with E-state index in [0.29, 0.717) is 6.42 Å². The van der Waals surface area contributed by atoms with Crippen LogP contribution in [0.4, 0.5) is 5.69 Å². The lowest BCUT2D eigenvalue weighted by atomic mass is 10.2. The fraction of sp³-hybridized carbons (Fsp3) is 0.400. The Morgan fingerprint density at radius 1 is 1.67 bits per heavy atom. The fourth-order valence-corrected chi connectivity index (χ4v) is 1.31. The third-order valence-corrected chi connectivity index (χ3v) is 2.28. The number of hydrogen-bond acceptors (Lipinski definition) is 5. The second kappa shape index (κ2) is 5.92. The number of H-pyrrole nitrogens is 1. The van der Waals surface area contributed by atoms with E-state index in [1.54, 1.807) is 6.92 Å². The summed E-state index contributed by atoms with van der Waals surface area (Å²) in [5.74, 6) is -0.708. The van der Waals surface area contributed by atoms with Crippen LogP contribution in [0.15, 0.2) is 17.1 Å². The largest absolute Gasteiger partial charge is 0.396 e. The Labute approximate surface area is 102 Å². The molecule has 0 bridgehead atoms. The van der Waals surface area contributed by atoms with Crippen LogP contribution < -0.4 is 10.9 Å². The number of rotatable bonds is 5. The molecule has 1 aromatic rings. The van der Waals surface area contributed by atoms with Crippen molar-refractivity contribution in [1.29, 1.82) is 0 Å². The Hall–Kier alpha value is -2.22. The van der Waals surface area contributed by atoms with Crippen LogP contribution in [0.5, 0.6) is 0 Å². The number of nitro groups is 1. The molecule has 0 aliphatic carbocycles. The minimum Gasteiger partial charge on any atom is -0.396 e. The van der Waals surface area contributed by atoms with E-state index < -0.39 is 16.4 Å². The Bertz CT molecular complexity index is 510. The van der Waals surface area contributed by atoms with Crippen molar-refractivity contribution in [3.05, 3.63) is 38.3 Å². The molecule has 0 aromatic carbocycles. The molecule has 18 heavy (non-hydrogen) atoms. The molecule has 3 N–H and O–H groups in total. The number of pyridine rings is 1. The highest BCUT2D eigenvalue weighted by molar-refractivity contribution is 5.94. The van der Waals surface area contributed by atoms with Gasteiger partial charge in [-0.1, -0.05) is 0 Å². The minimum atomic E-state index is -0.708. The summed E-state index contributed by atoms with van der Waals surface area (Å²) in [6, 6.07) is 0.584. The zero-order chi connectivity index (χ0) is 13.7. The molecule has 0 radical (unpaired) electrons. The maximum Gasteiger partial charge on any atom is 0.286 e. The summed E-state index contributed by atoms with van der Waals surface area (Å²) in [5, 5.41) is 21.7. The molecular formula is C10H13N3O5. The van der Waals surface area contributed by atoms with Gasteiger partial charge in [-0.15, -0.1) is 0 Å². The Balaban J connectivity index is 2.94. The van der Waals surface area contributed by atoms with Crippen molar-refractivity contribution in [2.45, 2.75) is 19.4 Å². The summed E-state index contributed by atoms with van der Waals surface area (Å²) in [6.07, 6.45) is 1.26. The van der Waals surface area contributed by atoms with Crippen molar-refractivity contribution < 1.29 is 14.8 Å². The fourth-order valence-electron chi connectivity index (χ4n) is 1.31. The van der Waals surface area contributed by atoms with Crippen molar-refractivity contribution in [2.24, 2.45) is 0 Å². The lowest BCUT2D eigenvalue weighted by molar-refractivity contribution is -0.385. The van der Waals surface area contributed by atoms with Gasteiger partial charge in [0.25, 0.3) is 17.2 Å². The van der Waals surface area contributed by atoms with Gasteiger partial charge in [0, 0.05) is 18.7 Å². The molecule has 98 valence electrons. The predicted molar refractivity (Wildman–Crippen MR) is 62.3 cm³/mol. The summed E-state index contributed by atoms with van der Waals surface area (Å²) >= 11 is 0. The average Bonchev–Trinajstić information content (AvgIpc) is 2.29. The highest BCUT2D eigenvalue weighted by Crippen LogP contribution is 2.08. The van der Waals surface area contributed by atoms with Gasteiger partial charge in [-0.25, -0.2) is 0 Å². The highest BCUT2D eigenvalue weighted by Gasteiger charge is 2.17. The first-order chi connectivity index (χ1) is 8.45. The van der Waals surface area contributed by atoms with Gasteiger partial charge < -0.3 is 15.4 Å². The Morgan fingerprint density at radius 3 is 2.89 bits per heavy atom. The van der Waals surface area contributed by atoms with Gasteiger partial charge in [0.05, 0.1) is 11.1 Å². The topological polar surface area (TPSA) is 125 Å². The summed E-state index contributed by atoms with van der Waals surface area (Å²) < 4.78 is 0. The molecule has 1 rings (SSSR count). The van der Waals surface area contributed by atoms with Gasteiger partial charge in [-0.2, -0.15) is 0 Å². The minimum absolute atomic E-state index is 0.104. The van der Waals surface area contributed by atoms with Gasteiger partial charge in [0.15, 0.2) is 0 Å². The quantitative estimate of drug-likeness (QED) is 0.495. The number of aliphatic hydroxyl groups is 1. The lowest BCUT2D eigenvalue weighted by Crippen LogP contribution is -2.36. The van der Waals surface area contributed by atoms with Gasteiger partial charge in [0.2, 0.25) is 0 Å². The molecule has 1 aromatic heterocycles. The van der Waals surface area contributed by atoms with Crippen LogP contribution in [0.2, 0.25) is 0 Å². The van der Waals surface area contributed by atoms with E-state index in [1.807, 2.05) is 0 Å². The number of aromatic nitrogens is 1. The Kier molecular flexibility index (Phi) is 4.55. The predicted octanol–water partition coefficient (Wildman–Crippen LogP) is -0.216. The third-order valence-electron chi connectivity index (χ3n) is 2.28. The molecule has 1 unspecified atom stereocenters. The molecule has 0 fully saturated rings. The molecule has 1 amide bonds. The molecule has 8 nitrogen and oxygen atoms in total. The van der Waals surface area contributed by atoms with Crippen molar-refractivity contribution >= 4 is 11.6 Å². The second-order valence-corrected chi connectivity index (χ2v) is 3.74. The maximum absolute atomic E-state index is 11.7. The molecule has 0 aliphatic rings. The normalized spacial score (nSPS) is 11.9. The summed E-state index contributed by atoms with van der Waals surface area (Å²) in [7, 11) is 0. The molecule has 8 heteroatoms. The number of nitrogens with zero attached hydrogens (tertiary/aromatic N) is 1. The number of nitrogens with one attached hydrogen (secondary N) is 2. The van der Waals surface area contributed by atoms with Crippen LogP contribution in [-0.4, -0.2) is 33.6 Å². The van der Waals surface area contributed by atoms with Gasteiger partial charge in [-0.05, 0) is 13.3 Å². The number of hydrogen-bond donors (Lipinski definition) is 3. The first-order valence-electron chi connectivity index (χ1n) is 5.24. The average molecular weight is 255 g/mol. The molecule has 0 aliphatic heterocycles. The van der Waals surface area contributed by atoms with Gasteiger partial charge in [-0.3, -0.25) is 19.7 Å². The van der Waals surface area contributed by atoms with Crippen molar-refractivity contribution in [2.75, 3.05) is 6.61 Å². The van der Waals surface area contributed by atoms with Crippen LogP contribution in [0.25, 0.3) is 0 Å². The highest BCUT2D eigenvalue weighted by atomic mass is 16.6. The van der Waals surface area contributed by atoms with E-state index in [0.717, 1.165) is 12.3 Å².